The molecule has 1 unspecified atom stereocenters. The first-order chi connectivity index (χ1) is 12.2. The number of aryl methyl sites for hydroxylation is 1. The third-order valence-corrected chi connectivity index (χ3v) is 6.40. The van der Waals surface area contributed by atoms with Crippen LogP contribution in [0.2, 0.25) is 0 Å². The van der Waals surface area contributed by atoms with Crippen molar-refractivity contribution in [1.29, 1.82) is 0 Å². The lowest BCUT2D eigenvalue weighted by atomic mass is 9.93. The second-order valence-corrected chi connectivity index (χ2v) is 7.97. The summed E-state index contributed by atoms with van der Waals surface area (Å²) in [6.45, 7) is 11.0. The molecule has 2 N–H and O–H groups in total. The van der Waals surface area contributed by atoms with E-state index in [2.05, 4.69) is 46.3 Å². The first-order valence-electron chi connectivity index (χ1n) is 9.83. The molecular formula is C19H35N5S. The number of thiazole rings is 1. The molecule has 0 radical (unpaired) electrons. The summed E-state index contributed by atoms with van der Waals surface area (Å²) >= 11 is 1.78. The molecule has 1 aliphatic rings. The number of likely N-dealkylation sites (tertiary alicyclic amines) is 1. The Kier molecular flexibility index (Phi) is 8.68. The fraction of sp³-hybridized carbons (Fsp3) is 0.789. The quantitative estimate of drug-likeness (QED) is 0.521. The maximum atomic E-state index is 4.47. The van der Waals surface area contributed by atoms with Crippen molar-refractivity contribution in [2.45, 2.75) is 65.5 Å². The molecule has 2 rings (SSSR count). The van der Waals surface area contributed by atoms with Crippen LogP contribution in [0.15, 0.2) is 11.2 Å². The van der Waals surface area contributed by atoms with Crippen LogP contribution < -0.4 is 10.6 Å². The second kappa shape index (κ2) is 10.8. The molecule has 0 aromatic carbocycles. The molecule has 0 amide bonds. The summed E-state index contributed by atoms with van der Waals surface area (Å²) in [5.41, 5.74) is 0. The van der Waals surface area contributed by atoms with Gasteiger partial charge in [0, 0.05) is 30.7 Å². The molecule has 25 heavy (non-hydrogen) atoms. The van der Waals surface area contributed by atoms with E-state index in [0.717, 1.165) is 36.4 Å². The molecule has 1 aromatic rings. The van der Waals surface area contributed by atoms with Gasteiger partial charge in [0.15, 0.2) is 5.96 Å². The van der Waals surface area contributed by atoms with Gasteiger partial charge in [0.2, 0.25) is 0 Å². The van der Waals surface area contributed by atoms with Crippen LogP contribution in [0.4, 0.5) is 0 Å². The third kappa shape index (κ3) is 5.96. The Morgan fingerprint density at radius 3 is 2.52 bits per heavy atom. The Hall–Kier alpha value is -1.14. The molecule has 1 aromatic heterocycles. The molecule has 1 saturated heterocycles. The number of aliphatic imine (C=N–C) groups is 1. The van der Waals surface area contributed by atoms with Crippen LogP contribution >= 0.6 is 11.3 Å². The van der Waals surface area contributed by atoms with Gasteiger partial charge in [-0.3, -0.25) is 9.89 Å². The van der Waals surface area contributed by atoms with E-state index in [1.165, 1.54) is 43.6 Å². The predicted molar refractivity (Wildman–Crippen MR) is 108 cm³/mol. The van der Waals surface area contributed by atoms with Gasteiger partial charge in [0.25, 0.3) is 0 Å². The number of rotatable bonds is 9. The Labute approximate surface area is 157 Å². The van der Waals surface area contributed by atoms with E-state index in [1.807, 2.05) is 13.2 Å². The maximum absolute atomic E-state index is 4.47. The fourth-order valence-corrected chi connectivity index (χ4v) is 4.48. The molecule has 6 heteroatoms. The van der Waals surface area contributed by atoms with Gasteiger partial charge >= 0.3 is 0 Å². The van der Waals surface area contributed by atoms with E-state index in [9.17, 15) is 0 Å². The Morgan fingerprint density at radius 1 is 1.24 bits per heavy atom. The minimum absolute atomic E-state index is 0.600. The molecule has 5 nitrogen and oxygen atoms in total. The van der Waals surface area contributed by atoms with Gasteiger partial charge in [-0.25, -0.2) is 4.98 Å². The van der Waals surface area contributed by atoms with Gasteiger partial charge in [0.1, 0.15) is 5.01 Å². The molecule has 2 heterocycles. The Morgan fingerprint density at radius 2 is 1.96 bits per heavy atom. The van der Waals surface area contributed by atoms with Crippen molar-refractivity contribution in [2.75, 3.05) is 26.7 Å². The Balaban J connectivity index is 1.87. The summed E-state index contributed by atoms with van der Waals surface area (Å²) in [7, 11) is 1.84. The molecular weight excluding hydrogens is 330 g/mol. The predicted octanol–water partition coefficient (Wildman–Crippen LogP) is 3.27. The molecule has 0 spiro atoms. The van der Waals surface area contributed by atoms with Gasteiger partial charge in [-0.2, -0.15) is 0 Å². The largest absolute Gasteiger partial charge is 0.355 e. The van der Waals surface area contributed by atoms with E-state index in [-0.39, 0.29) is 0 Å². The highest BCUT2D eigenvalue weighted by molar-refractivity contribution is 7.11. The lowest BCUT2D eigenvalue weighted by molar-refractivity contribution is 0.166. The van der Waals surface area contributed by atoms with Gasteiger partial charge in [-0.05, 0) is 38.3 Å². The highest BCUT2D eigenvalue weighted by Gasteiger charge is 2.27. The van der Waals surface area contributed by atoms with E-state index >= 15 is 0 Å². The molecule has 1 atom stereocenters. The number of nitrogens with one attached hydrogen (secondary N) is 2. The van der Waals surface area contributed by atoms with Crippen molar-refractivity contribution in [3.05, 3.63) is 16.1 Å². The van der Waals surface area contributed by atoms with Crippen molar-refractivity contribution in [3.63, 3.8) is 0 Å². The van der Waals surface area contributed by atoms with Gasteiger partial charge in [0.05, 0.1) is 6.54 Å². The lowest BCUT2D eigenvalue weighted by Crippen LogP contribution is -2.49. The average Bonchev–Trinajstić information content (AvgIpc) is 3.32. The van der Waals surface area contributed by atoms with Gasteiger partial charge < -0.3 is 10.6 Å². The normalized spacial score (nSPS) is 17.2. The number of hydrogen-bond acceptors (Lipinski definition) is 4. The zero-order chi connectivity index (χ0) is 18.1. The van der Waals surface area contributed by atoms with Gasteiger partial charge in [-0.1, -0.05) is 33.6 Å². The van der Waals surface area contributed by atoms with Crippen LogP contribution in [0.5, 0.6) is 0 Å². The second-order valence-electron chi connectivity index (χ2n) is 6.77. The van der Waals surface area contributed by atoms with Crippen molar-refractivity contribution in [2.24, 2.45) is 10.9 Å². The Bertz CT molecular complexity index is 516. The van der Waals surface area contributed by atoms with Crippen LogP contribution in [0, 0.1) is 5.92 Å². The standard InChI is InChI=1S/C19H35N5S/c1-5-15(6-2)17(24-10-8-9-11-24)13-22-19(20-4)23-14-18-21-12-16(7-3)25-18/h12,15,17H,5-11,13-14H2,1-4H3,(H2,20,22,23). The molecule has 0 bridgehead atoms. The summed E-state index contributed by atoms with van der Waals surface area (Å²) in [4.78, 5) is 12.9. The summed E-state index contributed by atoms with van der Waals surface area (Å²) in [5.74, 6) is 1.62. The SMILES string of the molecule is CCc1cnc(CNC(=NC)NCC(C(CC)CC)N2CCCC2)s1. The first-order valence-corrected chi connectivity index (χ1v) is 10.7. The summed E-state index contributed by atoms with van der Waals surface area (Å²) in [5, 5.41) is 8.09. The van der Waals surface area contributed by atoms with E-state index in [4.69, 9.17) is 0 Å². The van der Waals surface area contributed by atoms with Crippen LogP contribution in [-0.4, -0.2) is 48.6 Å². The number of guanidine groups is 1. The zero-order valence-corrected chi connectivity index (χ0v) is 17.2. The number of nitrogens with zero attached hydrogens (tertiary/aromatic N) is 3. The van der Waals surface area contributed by atoms with Crippen molar-refractivity contribution in [1.82, 2.24) is 20.5 Å². The monoisotopic (exact) mass is 365 g/mol. The molecule has 1 aliphatic heterocycles. The van der Waals surface area contributed by atoms with Crippen LogP contribution in [0.1, 0.15) is 56.3 Å². The van der Waals surface area contributed by atoms with Crippen LogP contribution in [0.3, 0.4) is 0 Å². The van der Waals surface area contributed by atoms with Crippen LogP contribution in [0.25, 0.3) is 0 Å². The first kappa shape index (κ1) is 20.2. The number of hydrogen-bond donors (Lipinski definition) is 2. The molecule has 142 valence electrons. The van der Waals surface area contributed by atoms with Crippen molar-refractivity contribution < 1.29 is 0 Å². The highest BCUT2D eigenvalue weighted by Crippen LogP contribution is 2.22. The molecule has 0 saturated carbocycles. The zero-order valence-electron chi connectivity index (χ0n) is 16.3. The fourth-order valence-electron chi connectivity index (χ4n) is 3.67. The minimum atomic E-state index is 0.600. The topological polar surface area (TPSA) is 52.6 Å². The summed E-state index contributed by atoms with van der Waals surface area (Å²) < 4.78 is 0. The number of aromatic nitrogens is 1. The molecule has 0 aliphatic carbocycles. The van der Waals surface area contributed by atoms with Crippen molar-refractivity contribution >= 4 is 17.3 Å². The highest BCUT2D eigenvalue weighted by atomic mass is 32.1. The van der Waals surface area contributed by atoms with E-state index < -0.39 is 0 Å². The smallest absolute Gasteiger partial charge is 0.191 e. The lowest BCUT2D eigenvalue weighted by Gasteiger charge is -2.34. The average molecular weight is 366 g/mol. The summed E-state index contributed by atoms with van der Waals surface area (Å²) in [6, 6.07) is 0.600. The third-order valence-electron chi connectivity index (χ3n) is 5.26. The van der Waals surface area contributed by atoms with Crippen LogP contribution in [-0.2, 0) is 13.0 Å². The van der Waals surface area contributed by atoms with E-state index in [0.29, 0.717) is 6.04 Å². The van der Waals surface area contributed by atoms with E-state index in [1.54, 1.807) is 11.3 Å². The van der Waals surface area contributed by atoms with Gasteiger partial charge in [-0.15, -0.1) is 11.3 Å². The maximum Gasteiger partial charge on any atom is 0.191 e. The summed E-state index contributed by atoms with van der Waals surface area (Å²) in [6.07, 6.45) is 8.20. The van der Waals surface area contributed by atoms with Crippen molar-refractivity contribution in [3.8, 4) is 0 Å². The molecule has 1 fully saturated rings. The minimum Gasteiger partial charge on any atom is -0.355 e.